The average molecular weight is 440 g/mol. The molecule has 30 heavy (non-hydrogen) atoms. The minimum atomic E-state index is 0.00407. The summed E-state index contributed by atoms with van der Waals surface area (Å²) in [7, 11) is 0. The molecule has 6 nitrogen and oxygen atoms in total. The van der Waals surface area contributed by atoms with E-state index < -0.39 is 0 Å². The van der Waals surface area contributed by atoms with Crippen molar-refractivity contribution < 1.29 is 4.79 Å². The molecule has 0 radical (unpaired) electrons. The van der Waals surface area contributed by atoms with E-state index in [0.717, 1.165) is 66.8 Å². The lowest BCUT2D eigenvalue weighted by molar-refractivity contribution is 0.0739. The van der Waals surface area contributed by atoms with E-state index in [1.807, 2.05) is 23.4 Å². The number of thiazole rings is 1. The third kappa shape index (κ3) is 2.83. The van der Waals surface area contributed by atoms with E-state index in [0.29, 0.717) is 10.6 Å². The number of halogens is 1. The minimum Gasteiger partial charge on any atom is -0.330 e. The van der Waals surface area contributed by atoms with E-state index in [1.54, 1.807) is 17.4 Å². The Labute approximate surface area is 184 Å². The number of imidazole rings is 1. The Morgan fingerprint density at radius 1 is 1.17 bits per heavy atom. The van der Waals surface area contributed by atoms with Crippen LogP contribution in [0, 0.1) is 0 Å². The van der Waals surface area contributed by atoms with Crippen LogP contribution in [0.1, 0.15) is 53.5 Å². The van der Waals surface area contributed by atoms with E-state index in [4.69, 9.17) is 21.6 Å². The molecular weight excluding hydrogens is 418 g/mol. The van der Waals surface area contributed by atoms with Gasteiger partial charge in [-0.3, -0.25) is 14.3 Å². The van der Waals surface area contributed by atoms with Gasteiger partial charge in [0, 0.05) is 18.5 Å². The van der Waals surface area contributed by atoms with Gasteiger partial charge < -0.3 is 4.90 Å². The number of likely N-dealkylation sites (tertiary alicyclic amines) is 1. The summed E-state index contributed by atoms with van der Waals surface area (Å²) in [6, 6.07) is 5.64. The monoisotopic (exact) mass is 439 g/mol. The first-order chi connectivity index (χ1) is 14.7. The quantitative estimate of drug-likeness (QED) is 0.601. The zero-order chi connectivity index (χ0) is 20.2. The van der Waals surface area contributed by atoms with Crippen LogP contribution in [-0.4, -0.2) is 49.9 Å². The predicted octanol–water partition coefficient (Wildman–Crippen LogP) is 4.54. The van der Waals surface area contributed by atoms with Gasteiger partial charge in [0.15, 0.2) is 0 Å². The number of benzene rings is 1. The lowest BCUT2D eigenvalue weighted by Crippen LogP contribution is -2.29. The number of hydrogen-bond donors (Lipinski definition) is 0. The van der Waals surface area contributed by atoms with Gasteiger partial charge in [0.05, 0.1) is 33.7 Å². The summed E-state index contributed by atoms with van der Waals surface area (Å²) in [6.45, 7) is 3.96. The number of nitrogens with zero attached hydrogens (tertiary/aromatic N) is 5. The molecule has 0 spiro atoms. The lowest BCUT2D eigenvalue weighted by atomic mass is 10.1. The first kappa shape index (κ1) is 18.5. The van der Waals surface area contributed by atoms with E-state index >= 15 is 0 Å². The van der Waals surface area contributed by atoms with Crippen molar-refractivity contribution in [3.8, 4) is 16.4 Å². The Balaban J connectivity index is 1.46. The average Bonchev–Trinajstić information content (AvgIpc) is 3.52. The molecule has 0 saturated carbocycles. The summed E-state index contributed by atoms with van der Waals surface area (Å²) in [4.78, 5) is 27.5. The van der Waals surface area contributed by atoms with Crippen molar-refractivity contribution in [3.63, 3.8) is 0 Å². The first-order valence-corrected chi connectivity index (χ1v) is 11.8. The van der Waals surface area contributed by atoms with Gasteiger partial charge in [-0.2, -0.15) is 0 Å². The molecule has 1 amide bonds. The van der Waals surface area contributed by atoms with Crippen molar-refractivity contribution >= 4 is 28.8 Å². The van der Waals surface area contributed by atoms with Gasteiger partial charge >= 0.3 is 0 Å². The highest BCUT2D eigenvalue weighted by Gasteiger charge is 2.40. The standard InChI is InChI=1S/C22H22ClN5OS/c23-15-5-3-6-16-18(15)22(29)27-10-4-7-17(27)20-19(24-13-28(16)20)21-25-14(12-30-21)11-26-8-1-2-9-26/h3,5-6,12-13,17H,1-2,4,7-11H2/t17-/m0/s1. The molecular formula is C22H22ClN5OS. The van der Waals surface area contributed by atoms with Crippen LogP contribution in [0.2, 0.25) is 5.02 Å². The van der Waals surface area contributed by atoms with Gasteiger partial charge in [-0.15, -0.1) is 11.3 Å². The number of amides is 1. The van der Waals surface area contributed by atoms with Crippen molar-refractivity contribution in [1.29, 1.82) is 0 Å². The van der Waals surface area contributed by atoms with Crippen LogP contribution >= 0.6 is 22.9 Å². The predicted molar refractivity (Wildman–Crippen MR) is 117 cm³/mol. The lowest BCUT2D eigenvalue weighted by Gasteiger charge is -2.23. The summed E-state index contributed by atoms with van der Waals surface area (Å²) in [6.07, 6.45) is 6.30. The minimum absolute atomic E-state index is 0.00407. The molecule has 0 N–H and O–H groups in total. The molecule has 154 valence electrons. The molecule has 1 aromatic carbocycles. The topological polar surface area (TPSA) is 54.3 Å². The number of carbonyl (C=O) groups is 1. The number of rotatable bonds is 3. The Bertz CT molecular complexity index is 1130. The second-order valence-corrected chi connectivity index (χ2v) is 9.53. The Kier molecular flexibility index (Phi) is 4.44. The maximum absolute atomic E-state index is 13.3. The molecule has 0 bridgehead atoms. The highest BCUT2D eigenvalue weighted by atomic mass is 35.5. The first-order valence-electron chi connectivity index (χ1n) is 10.5. The molecule has 0 aliphatic carbocycles. The molecule has 3 aromatic rings. The van der Waals surface area contributed by atoms with Gasteiger partial charge in [0.2, 0.25) is 0 Å². The molecule has 8 heteroatoms. The van der Waals surface area contributed by atoms with Crippen LogP contribution in [0.5, 0.6) is 0 Å². The third-order valence-electron chi connectivity index (χ3n) is 6.44. The summed E-state index contributed by atoms with van der Waals surface area (Å²) in [5, 5.41) is 3.58. The van der Waals surface area contributed by atoms with Gasteiger partial charge in [-0.05, 0) is 50.9 Å². The molecule has 2 fully saturated rings. The van der Waals surface area contributed by atoms with E-state index in [1.165, 1.54) is 12.8 Å². The number of hydrogen-bond acceptors (Lipinski definition) is 5. The SMILES string of the molecule is O=C1c2c(Cl)cccc2-n2cnc(-c3nc(CN4CCCC4)cs3)c2[C@@H]2CCCN12. The normalized spacial score (nSPS) is 20.9. The second-order valence-electron chi connectivity index (χ2n) is 8.27. The van der Waals surface area contributed by atoms with Crippen molar-refractivity contribution in [1.82, 2.24) is 24.3 Å². The highest BCUT2D eigenvalue weighted by Crippen LogP contribution is 2.44. The fourth-order valence-corrected chi connectivity index (χ4v) is 6.12. The van der Waals surface area contributed by atoms with E-state index in [-0.39, 0.29) is 11.9 Å². The number of fused-ring (bicyclic) bond motifs is 5. The van der Waals surface area contributed by atoms with Gasteiger partial charge in [-0.1, -0.05) is 17.7 Å². The summed E-state index contributed by atoms with van der Waals surface area (Å²) >= 11 is 8.12. The Morgan fingerprint density at radius 3 is 2.90 bits per heavy atom. The zero-order valence-corrected chi connectivity index (χ0v) is 18.1. The fourth-order valence-electron chi connectivity index (χ4n) is 5.05. The van der Waals surface area contributed by atoms with Crippen LogP contribution < -0.4 is 0 Å². The van der Waals surface area contributed by atoms with Crippen LogP contribution in [0.15, 0.2) is 29.9 Å². The molecule has 6 rings (SSSR count). The van der Waals surface area contributed by atoms with Gasteiger partial charge in [0.25, 0.3) is 5.91 Å². The van der Waals surface area contributed by atoms with E-state index in [9.17, 15) is 4.79 Å². The summed E-state index contributed by atoms with van der Waals surface area (Å²) in [5.74, 6) is 0.0154. The van der Waals surface area contributed by atoms with Gasteiger partial charge in [0.1, 0.15) is 17.0 Å². The molecule has 3 aliphatic rings. The van der Waals surface area contributed by atoms with Crippen LogP contribution in [0.25, 0.3) is 16.4 Å². The fraction of sp³-hybridized carbons (Fsp3) is 0.409. The van der Waals surface area contributed by atoms with Crippen molar-refractivity contribution in [2.24, 2.45) is 0 Å². The van der Waals surface area contributed by atoms with Crippen LogP contribution in [-0.2, 0) is 6.54 Å². The third-order valence-corrected chi connectivity index (χ3v) is 7.65. The van der Waals surface area contributed by atoms with Crippen molar-refractivity contribution in [2.75, 3.05) is 19.6 Å². The Hall–Kier alpha value is -2.22. The maximum Gasteiger partial charge on any atom is 0.258 e. The molecule has 3 aliphatic heterocycles. The Morgan fingerprint density at radius 2 is 2.03 bits per heavy atom. The molecule has 2 saturated heterocycles. The van der Waals surface area contributed by atoms with Crippen molar-refractivity contribution in [3.05, 3.63) is 51.9 Å². The molecule has 5 heterocycles. The summed E-state index contributed by atoms with van der Waals surface area (Å²) < 4.78 is 2.06. The maximum atomic E-state index is 13.3. The van der Waals surface area contributed by atoms with Crippen molar-refractivity contribution in [2.45, 2.75) is 38.3 Å². The number of aromatic nitrogens is 3. The summed E-state index contributed by atoms with van der Waals surface area (Å²) in [5.41, 5.74) is 4.44. The van der Waals surface area contributed by atoms with Gasteiger partial charge in [-0.25, -0.2) is 9.97 Å². The number of carbonyl (C=O) groups excluding carboxylic acids is 1. The van der Waals surface area contributed by atoms with E-state index in [2.05, 4.69) is 14.8 Å². The van der Waals surface area contributed by atoms with Crippen LogP contribution in [0.4, 0.5) is 0 Å². The van der Waals surface area contributed by atoms with Crippen LogP contribution in [0.3, 0.4) is 0 Å². The zero-order valence-electron chi connectivity index (χ0n) is 16.6. The highest BCUT2D eigenvalue weighted by molar-refractivity contribution is 7.13. The molecule has 1 atom stereocenters. The second kappa shape index (κ2) is 7.18. The smallest absolute Gasteiger partial charge is 0.258 e. The largest absolute Gasteiger partial charge is 0.330 e. The molecule has 0 unspecified atom stereocenters. The molecule has 2 aromatic heterocycles.